The zero-order chi connectivity index (χ0) is 56.0. The zero-order valence-electron chi connectivity index (χ0n) is 43.1. The number of carbonyl (C=O) groups excluding carboxylic acids is 8. The van der Waals surface area contributed by atoms with E-state index in [9.17, 15) is 52.7 Å². The van der Waals surface area contributed by atoms with Crippen molar-refractivity contribution in [2.24, 2.45) is 5.41 Å². The van der Waals surface area contributed by atoms with Crippen LogP contribution in [0.4, 0.5) is 14.4 Å². The Balaban J connectivity index is 2.91. The summed E-state index contributed by atoms with van der Waals surface area (Å²) in [6.45, 7) is 18.2. The number of amides is 3. The first-order valence-corrected chi connectivity index (χ1v) is 24.6. The molecule has 0 saturated carbocycles. The fourth-order valence-corrected chi connectivity index (χ4v) is 6.48. The molecular formula is C50H74N6O19. The van der Waals surface area contributed by atoms with Gasteiger partial charge in [0.1, 0.15) is 57.3 Å². The normalized spacial score (nSPS) is 11.5. The van der Waals surface area contributed by atoms with Gasteiger partial charge in [0.25, 0.3) is 0 Å². The maximum Gasteiger partial charge on any atom is 0.407 e. The van der Waals surface area contributed by atoms with E-state index in [1.165, 1.54) is 0 Å². The van der Waals surface area contributed by atoms with Crippen molar-refractivity contribution in [3.63, 3.8) is 0 Å². The van der Waals surface area contributed by atoms with Crippen LogP contribution < -0.4 is 33.0 Å². The van der Waals surface area contributed by atoms with Gasteiger partial charge in [-0.1, -0.05) is 71.4 Å². The monoisotopic (exact) mass is 1060 g/mol. The molecule has 1 heterocycles. The molecule has 3 amide bonds. The van der Waals surface area contributed by atoms with E-state index in [4.69, 9.17) is 37.9 Å². The highest BCUT2D eigenvalue weighted by Crippen LogP contribution is 2.22. The third kappa shape index (κ3) is 28.3. The van der Waals surface area contributed by atoms with Gasteiger partial charge in [-0.15, -0.1) is 0 Å². The maximum atomic E-state index is 13.7. The van der Waals surface area contributed by atoms with Gasteiger partial charge >= 0.3 is 65.2 Å². The van der Waals surface area contributed by atoms with Crippen LogP contribution >= 0.6 is 0 Å². The number of unbranched alkanes of at least 4 members (excludes halogenated alkanes) is 9. The predicted octanol–water partition coefficient (Wildman–Crippen LogP) is 3.44. The molecule has 0 aliphatic heterocycles. The summed E-state index contributed by atoms with van der Waals surface area (Å²) in [5.41, 5.74) is -3.75. The van der Waals surface area contributed by atoms with Crippen molar-refractivity contribution in [3.8, 4) is 0 Å². The molecule has 25 nitrogen and oxygen atoms in total. The molecule has 0 saturated heterocycles. The second-order valence-electron chi connectivity index (χ2n) is 16.9. The number of aromatic nitrogens is 3. The first-order chi connectivity index (χ1) is 35.8. The van der Waals surface area contributed by atoms with Crippen molar-refractivity contribution in [2.45, 2.75) is 123 Å². The van der Waals surface area contributed by atoms with E-state index in [0.717, 1.165) is 44.1 Å². The van der Waals surface area contributed by atoms with Crippen LogP contribution in [-0.4, -0.2) is 133 Å². The Morgan fingerprint density at radius 1 is 0.413 bits per heavy atom. The zero-order valence-corrected chi connectivity index (χ0v) is 43.1. The van der Waals surface area contributed by atoms with Crippen LogP contribution in [0.1, 0.15) is 90.9 Å². The third-order valence-corrected chi connectivity index (χ3v) is 10.6. The highest BCUT2D eigenvalue weighted by molar-refractivity contribution is 5.83. The Morgan fingerprint density at radius 2 is 0.680 bits per heavy atom. The van der Waals surface area contributed by atoms with Crippen molar-refractivity contribution < 1.29 is 76.3 Å². The maximum absolute atomic E-state index is 13.7. The minimum Gasteiger partial charge on any atom is -0.462 e. The Kier molecular flexibility index (Phi) is 33.0. The number of hydrogen-bond donors (Lipinski definition) is 3. The molecule has 0 spiro atoms. The van der Waals surface area contributed by atoms with E-state index in [0.29, 0.717) is 77.0 Å². The minimum absolute atomic E-state index is 0.00688. The molecule has 3 N–H and O–H groups in total. The number of hydrogen-bond acceptors (Lipinski definition) is 19. The molecular weight excluding hydrogens is 989 g/mol. The molecule has 0 aromatic carbocycles. The van der Waals surface area contributed by atoms with Crippen molar-refractivity contribution in [3.05, 3.63) is 94.7 Å². The number of carbonyl (C=O) groups is 8. The molecule has 2 unspecified atom stereocenters. The van der Waals surface area contributed by atoms with Crippen molar-refractivity contribution in [2.75, 3.05) is 59.3 Å². The van der Waals surface area contributed by atoms with Gasteiger partial charge in [-0.3, -0.25) is 0 Å². The van der Waals surface area contributed by atoms with Gasteiger partial charge < -0.3 is 53.8 Å². The lowest BCUT2D eigenvalue weighted by Gasteiger charge is -2.31. The van der Waals surface area contributed by atoms with Crippen LogP contribution in [0.15, 0.2) is 77.7 Å². The Hall–Kier alpha value is -7.73. The van der Waals surface area contributed by atoms with Crippen LogP contribution in [0.3, 0.4) is 0 Å². The van der Waals surface area contributed by atoms with Crippen molar-refractivity contribution >= 4 is 48.1 Å². The second-order valence-corrected chi connectivity index (χ2v) is 16.9. The lowest BCUT2D eigenvalue weighted by Crippen LogP contribution is -2.54. The predicted molar refractivity (Wildman–Crippen MR) is 270 cm³/mol. The summed E-state index contributed by atoms with van der Waals surface area (Å²) in [4.78, 5) is 136. The van der Waals surface area contributed by atoms with Gasteiger partial charge in [0.2, 0.25) is 0 Å². The van der Waals surface area contributed by atoms with Gasteiger partial charge in [0.05, 0.1) is 0 Å². The average molecular weight is 1060 g/mol. The smallest absolute Gasteiger partial charge is 0.407 e. The van der Waals surface area contributed by atoms with Crippen LogP contribution in [0, 0.1) is 5.41 Å². The number of ether oxygens (including phenoxy) is 8. The molecule has 0 aliphatic carbocycles. The van der Waals surface area contributed by atoms with E-state index in [1.54, 1.807) is 13.8 Å². The summed E-state index contributed by atoms with van der Waals surface area (Å²) in [6, 6.07) is 0. The Labute approximate surface area is 435 Å². The molecule has 25 heteroatoms. The molecule has 418 valence electrons. The third-order valence-electron chi connectivity index (χ3n) is 10.6. The van der Waals surface area contributed by atoms with E-state index < -0.39 is 109 Å². The molecule has 1 aromatic heterocycles. The van der Waals surface area contributed by atoms with Crippen LogP contribution in [0.2, 0.25) is 0 Å². The fourth-order valence-electron chi connectivity index (χ4n) is 6.48. The molecule has 75 heavy (non-hydrogen) atoms. The second kappa shape index (κ2) is 37.9. The largest absolute Gasteiger partial charge is 0.462 e. The minimum atomic E-state index is -1.51. The summed E-state index contributed by atoms with van der Waals surface area (Å²) in [5, 5.41) is 7.82. The number of esters is 5. The average Bonchev–Trinajstić information content (AvgIpc) is 3.39. The van der Waals surface area contributed by atoms with Gasteiger partial charge in [0, 0.05) is 69.6 Å². The number of nitrogens with one attached hydrogen (secondary N) is 3. The molecule has 1 rings (SSSR count). The highest BCUT2D eigenvalue weighted by Gasteiger charge is 2.37. The lowest BCUT2D eigenvalue weighted by molar-refractivity contribution is -0.159. The van der Waals surface area contributed by atoms with Gasteiger partial charge in [-0.25, -0.2) is 66.4 Å². The number of rotatable bonds is 40. The topological polar surface area (TPSA) is 312 Å². The van der Waals surface area contributed by atoms with Crippen molar-refractivity contribution in [1.82, 2.24) is 29.7 Å². The standard InChI is InChI=1S/C50H74N6O19/c1-8-39(57)68-31-37(6)74-45(63)52-26-20-14-17-23-29-55-47(65)54(48(66)56(49(55)67)30-24-18-15-21-27-53-46(64)75-38(7)32-69-40(58)9-2)28-22-16-13-19-25-51-44(62)73-36-50(33-70-41(59)10-3,34-71-42(60)11-4)35-72-43(61)12-5/h8-12,37-38H,1-5,13-36H2,6-7H3,(H,51,62)(H,52,63)(H,53,64). The Bertz CT molecular complexity index is 2110. The fraction of sp³-hybridized carbons (Fsp3) is 0.580. The molecule has 0 radical (unpaired) electrons. The number of nitrogens with zero attached hydrogens (tertiary/aromatic N) is 3. The lowest BCUT2D eigenvalue weighted by atomic mass is 9.92. The first-order valence-electron chi connectivity index (χ1n) is 24.6. The Morgan fingerprint density at radius 3 is 0.987 bits per heavy atom. The molecule has 0 bridgehead atoms. The quantitative estimate of drug-likeness (QED) is 0.0367. The van der Waals surface area contributed by atoms with Gasteiger partial charge in [0.15, 0.2) is 0 Å². The van der Waals surface area contributed by atoms with Gasteiger partial charge in [-0.05, 0) is 52.4 Å². The first kappa shape index (κ1) is 65.3. The van der Waals surface area contributed by atoms with Crippen LogP contribution in [-0.2, 0) is 81.5 Å². The molecule has 1 aromatic rings. The summed E-state index contributed by atoms with van der Waals surface area (Å²) in [7, 11) is 0. The highest BCUT2D eigenvalue weighted by atomic mass is 16.6. The van der Waals surface area contributed by atoms with E-state index >= 15 is 0 Å². The summed E-state index contributed by atoms with van der Waals surface area (Å²) in [6.07, 6.45) is 7.36. The molecule has 0 aliphatic rings. The molecule has 0 fully saturated rings. The summed E-state index contributed by atoms with van der Waals surface area (Å²) in [5.74, 6) is -3.79. The molecule has 2 atom stereocenters. The van der Waals surface area contributed by atoms with Crippen LogP contribution in [0.25, 0.3) is 0 Å². The van der Waals surface area contributed by atoms with E-state index in [2.05, 4.69) is 48.8 Å². The number of alkyl carbamates (subject to hydrolysis) is 3. The van der Waals surface area contributed by atoms with Crippen LogP contribution in [0.5, 0.6) is 0 Å². The van der Waals surface area contributed by atoms with E-state index in [1.807, 2.05) is 0 Å². The van der Waals surface area contributed by atoms with E-state index in [-0.39, 0.29) is 52.5 Å². The van der Waals surface area contributed by atoms with Crippen molar-refractivity contribution in [1.29, 1.82) is 0 Å². The van der Waals surface area contributed by atoms with Gasteiger partial charge in [-0.2, -0.15) is 0 Å². The SMILES string of the molecule is C=CC(=O)OCC(C)OC(=O)NCCCCCCn1c(=O)n(CCCCCCNC(=O)OCC(COC(=O)C=C)(COC(=O)C=C)COC(=O)C=C)c(=O)n(CCCCCCNC(=O)OC(C)COC(=O)C=C)c1=O. The summed E-state index contributed by atoms with van der Waals surface area (Å²) >= 11 is 0. The summed E-state index contributed by atoms with van der Waals surface area (Å²) < 4.78 is 43.9.